The van der Waals surface area contributed by atoms with Crippen molar-refractivity contribution in [1.82, 2.24) is 30.0 Å². The van der Waals surface area contributed by atoms with Gasteiger partial charge in [-0.2, -0.15) is 0 Å². The maximum atomic E-state index is 13.8. The summed E-state index contributed by atoms with van der Waals surface area (Å²) in [5, 5.41) is 3.47. The molecular weight excluding hydrogens is 536 g/mol. The van der Waals surface area contributed by atoms with Crippen LogP contribution in [-0.2, 0) is 6.54 Å². The van der Waals surface area contributed by atoms with Crippen LogP contribution in [-0.4, -0.2) is 74.9 Å². The highest BCUT2D eigenvalue weighted by Gasteiger charge is 2.43. The highest BCUT2D eigenvalue weighted by molar-refractivity contribution is 6.29. The zero-order valence-corrected chi connectivity index (χ0v) is 24.8. The van der Waals surface area contributed by atoms with Crippen LogP contribution < -0.4 is 5.32 Å². The summed E-state index contributed by atoms with van der Waals surface area (Å²) in [4.78, 5) is 41.5. The van der Waals surface area contributed by atoms with Crippen LogP contribution in [0, 0.1) is 13.8 Å². The molecular formula is C32H39ClN6O2. The van der Waals surface area contributed by atoms with Crippen LogP contribution in [0.2, 0.25) is 5.15 Å². The van der Waals surface area contributed by atoms with Gasteiger partial charge in [0, 0.05) is 57.2 Å². The molecule has 8 nitrogen and oxygen atoms in total. The van der Waals surface area contributed by atoms with E-state index in [1.54, 1.807) is 18.5 Å². The lowest BCUT2D eigenvalue weighted by molar-refractivity contribution is 0.0886. The van der Waals surface area contributed by atoms with Crippen molar-refractivity contribution in [2.75, 3.05) is 26.2 Å². The lowest BCUT2D eigenvalue weighted by Crippen LogP contribution is -2.49. The van der Waals surface area contributed by atoms with Crippen molar-refractivity contribution in [2.45, 2.75) is 64.7 Å². The number of carbonyl (C=O) groups is 2. The fourth-order valence-corrected chi connectivity index (χ4v) is 6.55. The van der Waals surface area contributed by atoms with E-state index in [0.29, 0.717) is 42.1 Å². The molecule has 4 heterocycles. The van der Waals surface area contributed by atoms with Gasteiger partial charge >= 0.3 is 6.03 Å². The Balaban J connectivity index is 1.17. The lowest BCUT2D eigenvalue weighted by Gasteiger charge is -2.41. The number of urea groups is 1. The summed E-state index contributed by atoms with van der Waals surface area (Å²) < 4.78 is 0. The molecule has 0 aliphatic carbocycles. The van der Waals surface area contributed by atoms with Gasteiger partial charge in [0.1, 0.15) is 5.15 Å². The number of nitrogens with zero attached hydrogens (tertiary/aromatic N) is 5. The first-order valence-corrected chi connectivity index (χ1v) is 14.9. The van der Waals surface area contributed by atoms with Gasteiger partial charge in [-0.1, -0.05) is 41.9 Å². The predicted octanol–water partition coefficient (Wildman–Crippen LogP) is 5.40. The first-order chi connectivity index (χ1) is 19.8. The van der Waals surface area contributed by atoms with Crippen LogP contribution in [0.1, 0.15) is 65.0 Å². The lowest BCUT2D eigenvalue weighted by atomic mass is 9.98. The van der Waals surface area contributed by atoms with Crippen molar-refractivity contribution in [3.8, 4) is 0 Å². The Morgan fingerprint density at radius 3 is 2.49 bits per heavy atom. The van der Waals surface area contributed by atoms with E-state index in [2.05, 4.69) is 56.3 Å². The van der Waals surface area contributed by atoms with E-state index in [1.807, 2.05) is 36.9 Å². The molecule has 0 spiro atoms. The Morgan fingerprint density at radius 1 is 1.10 bits per heavy atom. The molecule has 5 rings (SSSR count). The normalized spacial score (nSPS) is 19.0. The molecule has 0 radical (unpaired) electrons. The second-order valence-electron chi connectivity index (χ2n) is 11.2. The number of pyridine rings is 2. The van der Waals surface area contributed by atoms with Gasteiger partial charge in [-0.3, -0.25) is 9.78 Å². The topological polar surface area (TPSA) is 81.7 Å². The molecule has 216 valence electrons. The molecule has 2 aromatic heterocycles. The Hall–Kier alpha value is -3.49. The van der Waals surface area contributed by atoms with Crippen LogP contribution in [0.15, 0.2) is 60.9 Å². The van der Waals surface area contributed by atoms with Gasteiger partial charge in [-0.05, 0) is 74.9 Å². The number of benzene rings is 1. The Morgan fingerprint density at radius 2 is 1.80 bits per heavy atom. The Labute approximate surface area is 247 Å². The number of aryl methyl sites for hydroxylation is 2. The van der Waals surface area contributed by atoms with Gasteiger partial charge in [-0.25, -0.2) is 9.78 Å². The van der Waals surface area contributed by atoms with Crippen molar-refractivity contribution in [3.05, 3.63) is 94.0 Å². The van der Waals surface area contributed by atoms with Crippen LogP contribution in [0.4, 0.5) is 4.79 Å². The molecule has 2 aliphatic heterocycles. The van der Waals surface area contributed by atoms with Gasteiger partial charge in [-0.15, -0.1) is 0 Å². The third-order valence-electron chi connectivity index (χ3n) is 8.48. The average Bonchev–Trinajstić information content (AvgIpc) is 3.29. The third kappa shape index (κ3) is 6.71. The van der Waals surface area contributed by atoms with Gasteiger partial charge in [0.05, 0.1) is 17.3 Å². The minimum Gasteiger partial charge on any atom is -0.352 e. The summed E-state index contributed by atoms with van der Waals surface area (Å²) in [6, 6.07) is 16.8. The predicted molar refractivity (Wildman–Crippen MR) is 161 cm³/mol. The van der Waals surface area contributed by atoms with E-state index >= 15 is 0 Å². The maximum Gasteiger partial charge on any atom is 0.321 e. The second kappa shape index (κ2) is 13.0. The van der Waals surface area contributed by atoms with Crippen molar-refractivity contribution in [3.63, 3.8) is 0 Å². The van der Waals surface area contributed by atoms with Crippen LogP contribution in [0.25, 0.3) is 0 Å². The van der Waals surface area contributed by atoms with Crippen molar-refractivity contribution in [1.29, 1.82) is 0 Å². The minimum atomic E-state index is -0.106. The first-order valence-electron chi connectivity index (χ1n) is 14.5. The number of carbonyl (C=O) groups excluding carboxylic acids is 2. The number of piperidine rings is 1. The minimum absolute atomic E-state index is 0.0454. The summed E-state index contributed by atoms with van der Waals surface area (Å²) in [7, 11) is 0. The number of hydrogen-bond donors (Lipinski definition) is 1. The standard InChI is InChI=1S/C32H39ClN6O2/c1-22-19-29(33)36-24(3)30(22)31(40)35-16-9-23(2)37-17-12-27(13-18-37)39-28(26-7-5-4-6-8-26)21-38(32(39)41)20-25-10-14-34-15-11-25/h4-8,10-11,14-15,19,23,27-28H,9,12-13,16-18,20-21H2,1-3H3,(H,35,40)/t23?,28-/m0/s1. The van der Waals surface area contributed by atoms with Crippen molar-refractivity contribution in [2.24, 2.45) is 0 Å². The highest BCUT2D eigenvalue weighted by atomic mass is 35.5. The zero-order chi connectivity index (χ0) is 28.9. The molecule has 0 bridgehead atoms. The number of nitrogens with one attached hydrogen (secondary N) is 1. The van der Waals surface area contributed by atoms with Gasteiger partial charge < -0.3 is 20.0 Å². The number of halogens is 1. The number of hydrogen-bond acceptors (Lipinski definition) is 5. The summed E-state index contributed by atoms with van der Waals surface area (Å²) in [6.45, 7) is 9.63. The van der Waals surface area contributed by atoms with Crippen LogP contribution in [0.3, 0.4) is 0 Å². The molecule has 1 unspecified atom stereocenters. The van der Waals surface area contributed by atoms with E-state index < -0.39 is 0 Å². The van der Waals surface area contributed by atoms with E-state index in [1.165, 1.54) is 5.56 Å². The third-order valence-corrected chi connectivity index (χ3v) is 8.68. The molecule has 2 aliphatic rings. The number of amides is 3. The van der Waals surface area contributed by atoms with Crippen LogP contribution in [0.5, 0.6) is 0 Å². The molecule has 2 atom stereocenters. The summed E-state index contributed by atoms with van der Waals surface area (Å²) >= 11 is 6.02. The quantitative estimate of drug-likeness (QED) is 0.346. The second-order valence-corrected chi connectivity index (χ2v) is 11.6. The molecule has 3 aromatic rings. The molecule has 9 heteroatoms. The molecule has 1 N–H and O–H groups in total. The summed E-state index contributed by atoms with van der Waals surface area (Å²) in [5.41, 5.74) is 4.36. The molecule has 1 aromatic carbocycles. The monoisotopic (exact) mass is 574 g/mol. The number of rotatable bonds is 9. The maximum absolute atomic E-state index is 13.8. The SMILES string of the molecule is Cc1cc(Cl)nc(C)c1C(=O)NCCC(C)N1CCC(N2C(=O)N(Cc3ccncc3)C[C@H]2c2ccccc2)CC1. The average molecular weight is 575 g/mol. The first kappa shape index (κ1) is 29.0. The van der Waals surface area contributed by atoms with Crippen molar-refractivity contribution >= 4 is 23.5 Å². The van der Waals surface area contributed by atoms with Crippen LogP contribution >= 0.6 is 11.6 Å². The Bertz CT molecular complexity index is 1320. The summed E-state index contributed by atoms with van der Waals surface area (Å²) in [5.74, 6) is -0.106. The van der Waals surface area contributed by atoms with Gasteiger partial charge in [0.2, 0.25) is 0 Å². The number of likely N-dealkylation sites (tertiary alicyclic amines) is 1. The zero-order valence-electron chi connectivity index (χ0n) is 24.1. The Kier molecular flexibility index (Phi) is 9.20. The molecule has 3 amide bonds. The van der Waals surface area contributed by atoms with E-state index in [9.17, 15) is 9.59 Å². The molecule has 2 fully saturated rings. The largest absolute Gasteiger partial charge is 0.352 e. The summed E-state index contributed by atoms with van der Waals surface area (Å²) in [6.07, 6.45) is 6.28. The van der Waals surface area contributed by atoms with E-state index in [-0.39, 0.29) is 24.0 Å². The number of aromatic nitrogens is 2. The van der Waals surface area contributed by atoms with Gasteiger partial charge in [0.25, 0.3) is 5.91 Å². The van der Waals surface area contributed by atoms with E-state index in [4.69, 9.17) is 11.6 Å². The van der Waals surface area contributed by atoms with Gasteiger partial charge in [0.15, 0.2) is 0 Å². The smallest absolute Gasteiger partial charge is 0.321 e. The fraction of sp³-hybridized carbons (Fsp3) is 0.438. The van der Waals surface area contributed by atoms with Crippen molar-refractivity contribution < 1.29 is 9.59 Å². The highest BCUT2D eigenvalue weighted by Crippen LogP contribution is 2.35. The molecule has 2 saturated heterocycles. The van der Waals surface area contributed by atoms with E-state index in [0.717, 1.165) is 43.5 Å². The fourth-order valence-electron chi connectivity index (χ4n) is 6.26. The molecule has 41 heavy (non-hydrogen) atoms. The molecule has 0 saturated carbocycles.